The number of likely N-dealkylation sites (tertiary alicyclic amines) is 1. The van der Waals surface area contributed by atoms with Gasteiger partial charge in [0.25, 0.3) is 0 Å². The van der Waals surface area contributed by atoms with Gasteiger partial charge in [-0.3, -0.25) is 9.88 Å². The average Bonchev–Trinajstić information content (AvgIpc) is 3.43. The molecule has 2 spiro atoms. The molecule has 3 aromatic rings. The molecule has 3 aliphatic rings. The van der Waals surface area contributed by atoms with Crippen molar-refractivity contribution in [3.05, 3.63) is 72.3 Å². The van der Waals surface area contributed by atoms with E-state index in [0.717, 1.165) is 61.7 Å². The predicted molar refractivity (Wildman–Crippen MR) is 120 cm³/mol. The van der Waals surface area contributed by atoms with E-state index in [1.807, 2.05) is 18.3 Å². The van der Waals surface area contributed by atoms with Crippen molar-refractivity contribution >= 4 is 5.69 Å². The lowest BCUT2D eigenvalue weighted by Crippen LogP contribution is -2.46. The molecule has 31 heavy (non-hydrogen) atoms. The fraction of sp³-hybridized carbons (Fsp3) is 0.400. The fourth-order valence-corrected chi connectivity index (χ4v) is 5.59. The zero-order chi connectivity index (χ0) is 20.9. The number of aromatic nitrogens is 2. The van der Waals surface area contributed by atoms with Crippen molar-refractivity contribution in [2.24, 2.45) is 0 Å². The summed E-state index contributed by atoms with van der Waals surface area (Å²) in [4.78, 5) is 6.99. The summed E-state index contributed by atoms with van der Waals surface area (Å²) < 4.78 is 14.4. The van der Waals surface area contributed by atoms with Gasteiger partial charge in [0.1, 0.15) is 11.3 Å². The van der Waals surface area contributed by atoms with Crippen LogP contribution in [0.3, 0.4) is 0 Å². The van der Waals surface area contributed by atoms with Crippen molar-refractivity contribution in [2.45, 2.75) is 36.9 Å². The van der Waals surface area contributed by atoms with Crippen molar-refractivity contribution in [1.82, 2.24) is 14.5 Å². The number of hydrogen-bond donors (Lipinski definition) is 1. The van der Waals surface area contributed by atoms with Crippen LogP contribution in [-0.4, -0.2) is 46.9 Å². The molecule has 1 N–H and O–H groups in total. The van der Waals surface area contributed by atoms with Gasteiger partial charge in [0, 0.05) is 44.5 Å². The number of nitrogens with zero attached hydrogens (tertiary/aromatic N) is 3. The lowest BCUT2D eigenvalue weighted by Gasteiger charge is -2.41. The Bertz CT molecular complexity index is 1090. The van der Waals surface area contributed by atoms with Gasteiger partial charge in [0.15, 0.2) is 0 Å². The van der Waals surface area contributed by atoms with E-state index in [-0.39, 0.29) is 11.1 Å². The minimum Gasteiger partial charge on any atom is -0.497 e. The molecule has 6 nitrogen and oxygen atoms in total. The van der Waals surface area contributed by atoms with E-state index in [0.29, 0.717) is 6.61 Å². The first-order valence-electron chi connectivity index (χ1n) is 11.1. The molecular formula is C25H28N4O2. The Balaban J connectivity index is 1.23. The van der Waals surface area contributed by atoms with Crippen LogP contribution in [0.15, 0.2) is 60.9 Å². The Morgan fingerprint density at radius 2 is 2.03 bits per heavy atom. The molecule has 6 heteroatoms. The Labute approximate surface area is 182 Å². The van der Waals surface area contributed by atoms with E-state index in [9.17, 15) is 0 Å². The normalized spacial score (nSPS) is 24.0. The van der Waals surface area contributed by atoms with E-state index in [1.165, 1.54) is 5.69 Å². The number of ether oxygens (including phenoxy) is 2. The second-order valence-electron chi connectivity index (χ2n) is 9.10. The Morgan fingerprint density at radius 1 is 1.13 bits per heavy atom. The highest BCUT2D eigenvalue weighted by atomic mass is 16.5. The molecule has 3 aliphatic heterocycles. The van der Waals surface area contributed by atoms with E-state index < -0.39 is 0 Å². The number of nitrogens with one attached hydrogen (secondary N) is 1. The number of benzene rings is 1. The topological polar surface area (TPSA) is 51.5 Å². The molecule has 2 saturated heterocycles. The number of pyridine rings is 1. The van der Waals surface area contributed by atoms with Crippen molar-refractivity contribution in [3.8, 4) is 11.4 Å². The molecule has 0 saturated carbocycles. The first kappa shape index (κ1) is 18.9. The summed E-state index contributed by atoms with van der Waals surface area (Å²) in [6.45, 7) is 3.68. The summed E-state index contributed by atoms with van der Waals surface area (Å²) in [6, 6.07) is 16.8. The molecule has 0 unspecified atom stereocenters. The van der Waals surface area contributed by atoms with E-state index >= 15 is 0 Å². The molecule has 160 valence electrons. The van der Waals surface area contributed by atoms with Gasteiger partial charge in [-0.15, -0.1) is 0 Å². The lowest BCUT2D eigenvalue weighted by molar-refractivity contribution is -0.0453. The van der Waals surface area contributed by atoms with Gasteiger partial charge >= 0.3 is 0 Å². The number of methoxy groups -OCH3 is 1. The van der Waals surface area contributed by atoms with E-state index in [1.54, 1.807) is 7.11 Å². The first-order chi connectivity index (χ1) is 15.2. The molecule has 1 aromatic carbocycles. The zero-order valence-electron chi connectivity index (χ0n) is 17.9. The van der Waals surface area contributed by atoms with Crippen LogP contribution in [0.2, 0.25) is 0 Å². The van der Waals surface area contributed by atoms with Gasteiger partial charge in [-0.1, -0.05) is 6.07 Å². The van der Waals surface area contributed by atoms with Gasteiger partial charge in [0.05, 0.1) is 42.1 Å². The maximum atomic E-state index is 6.62. The van der Waals surface area contributed by atoms with Crippen LogP contribution in [0.1, 0.15) is 30.7 Å². The second-order valence-corrected chi connectivity index (χ2v) is 9.10. The van der Waals surface area contributed by atoms with Crippen molar-refractivity contribution in [1.29, 1.82) is 0 Å². The Hall–Kier alpha value is -2.83. The quantitative estimate of drug-likeness (QED) is 0.701. The van der Waals surface area contributed by atoms with Crippen LogP contribution in [0.4, 0.5) is 5.69 Å². The smallest absolute Gasteiger partial charge is 0.121 e. The molecule has 6 rings (SSSR count). The number of rotatable bonds is 3. The highest BCUT2D eigenvalue weighted by Gasteiger charge is 2.53. The van der Waals surface area contributed by atoms with Gasteiger partial charge in [-0.25, -0.2) is 0 Å². The minimum atomic E-state index is -0.202. The van der Waals surface area contributed by atoms with Gasteiger partial charge in [-0.05, 0) is 49.2 Å². The summed E-state index contributed by atoms with van der Waals surface area (Å²) in [6.07, 6.45) is 7.12. The molecule has 0 aliphatic carbocycles. The van der Waals surface area contributed by atoms with Crippen LogP contribution < -0.4 is 10.1 Å². The van der Waals surface area contributed by atoms with Crippen molar-refractivity contribution < 1.29 is 9.47 Å². The van der Waals surface area contributed by atoms with Crippen LogP contribution >= 0.6 is 0 Å². The Morgan fingerprint density at radius 3 is 2.84 bits per heavy atom. The lowest BCUT2D eigenvalue weighted by atomic mass is 9.79. The molecule has 0 amide bonds. The number of hydrogen-bond acceptors (Lipinski definition) is 5. The Kier molecular flexibility index (Phi) is 4.33. The van der Waals surface area contributed by atoms with Crippen molar-refractivity contribution in [3.63, 3.8) is 0 Å². The third kappa shape index (κ3) is 3.13. The monoisotopic (exact) mass is 416 g/mol. The number of piperidine rings is 1. The van der Waals surface area contributed by atoms with Crippen LogP contribution in [0.5, 0.6) is 5.75 Å². The fourth-order valence-electron chi connectivity index (χ4n) is 5.59. The molecular weight excluding hydrogens is 388 g/mol. The van der Waals surface area contributed by atoms with Crippen LogP contribution in [0.25, 0.3) is 5.69 Å². The number of anilines is 1. The standard InChI is InChI=1S/C25H28N4O2/c1-30-20-7-8-22-21(15-20)27-25(23-6-4-12-29(22)23)17-24(31-18-25)9-13-28(14-10-24)16-19-5-2-3-11-26-19/h2-8,11-12,15,27H,9-10,13-14,16-18H2,1H3/t25-/m1/s1. The summed E-state index contributed by atoms with van der Waals surface area (Å²) in [5.41, 5.74) is 4.43. The summed E-state index contributed by atoms with van der Waals surface area (Å²) in [5, 5.41) is 3.86. The minimum absolute atomic E-state index is 0.0704. The third-order valence-corrected chi connectivity index (χ3v) is 7.20. The molecule has 0 bridgehead atoms. The molecule has 0 radical (unpaired) electrons. The largest absolute Gasteiger partial charge is 0.497 e. The maximum Gasteiger partial charge on any atom is 0.121 e. The molecule has 2 fully saturated rings. The first-order valence-corrected chi connectivity index (χ1v) is 11.1. The van der Waals surface area contributed by atoms with Crippen LogP contribution in [0, 0.1) is 0 Å². The van der Waals surface area contributed by atoms with Crippen molar-refractivity contribution in [2.75, 3.05) is 32.1 Å². The SMILES string of the molecule is COc1ccc2c(c1)N[C@]1(COC3(CCN(Cc4ccccn4)CC3)C1)c1cccn1-2. The summed E-state index contributed by atoms with van der Waals surface area (Å²) >= 11 is 0. The predicted octanol–water partition coefficient (Wildman–Crippen LogP) is 3.96. The van der Waals surface area contributed by atoms with Gasteiger partial charge < -0.3 is 19.4 Å². The maximum absolute atomic E-state index is 6.62. The van der Waals surface area contributed by atoms with E-state index in [2.05, 4.69) is 62.4 Å². The van der Waals surface area contributed by atoms with Gasteiger partial charge in [-0.2, -0.15) is 0 Å². The highest BCUT2D eigenvalue weighted by molar-refractivity contribution is 5.69. The van der Waals surface area contributed by atoms with E-state index in [4.69, 9.17) is 9.47 Å². The van der Waals surface area contributed by atoms with Gasteiger partial charge in [0.2, 0.25) is 0 Å². The second kappa shape index (κ2) is 7.11. The average molecular weight is 417 g/mol. The highest BCUT2D eigenvalue weighted by Crippen LogP contribution is 2.50. The summed E-state index contributed by atoms with van der Waals surface area (Å²) in [7, 11) is 1.72. The third-order valence-electron chi connectivity index (χ3n) is 7.20. The molecule has 1 atom stereocenters. The van der Waals surface area contributed by atoms with Crippen LogP contribution in [-0.2, 0) is 16.8 Å². The molecule has 5 heterocycles. The molecule has 2 aromatic heterocycles. The summed E-state index contributed by atoms with van der Waals surface area (Å²) in [5.74, 6) is 0.869. The number of fused-ring (bicyclic) bond motifs is 4. The zero-order valence-corrected chi connectivity index (χ0v) is 17.9.